The Balaban J connectivity index is 2.76. The van der Waals surface area contributed by atoms with E-state index in [4.69, 9.17) is 0 Å². The van der Waals surface area contributed by atoms with Crippen LogP contribution in [0.25, 0.3) is 11.1 Å². The van der Waals surface area contributed by atoms with Crippen LogP contribution >= 0.6 is 17.8 Å². The van der Waals surface area contributed by atoms with Crippen LogP contribution in [0.15, 0.2) is 36.4 Å². The van der Waals surface area contributed by atoms with Gasteiger partial charge >= 0.3 is 0 Å². The lowest BCUT2D eigenvalue weighted by Crippen LogP contribution is -2.09. The molecule has 0 radical (unpaired) electrons. The lowest BCUT2D eigenvalue weighted by molar-refractivity contribution is 1.44. The Kier molecular flexibility index (Phi) is 3.97. The summed E-state index contributed by atoms with van der Waals surface area (Å²) in [5, 5.41) is 2.69. The fourth-order valence-electron chi connectivity index (χ4n) is 2.20. The van der Waals surface area contributed by atoms with Gasteiger partial charge in [0.05, 0.1) is 0 Å². The van der Waals surface area contributed by atoms with Gasteiger partial charge in [0, 0.05) is 0 Å². The standard InChI is InChI=1S/C15H17P2/c1-10-6-4-8-12(16)14(10)15-11(2)7-5-9-13(15)17-3/h4-9H,16H2,1-3H3/q-1. The first-order valence-electron chi connectivity index (χ1n) is 5.70. The average Bonchev–Trinajstić information content (AvgIpc) is 2.30. The molecule has 0 spiro atoms. The van der Waals surface area contributed by atoms with Crippen molar-refractivity contribution in [1.29, 1.82) is 0 Å². The van der Waals surface area contributed by atoms with Crippen molar-refractivity contribution in [2.45, 2.75) is 13.8 Å². The monoisotopic (exact) mass is 259 g/mol. The molecular weight excluding hydrogens is 242 g/mol. The number of rotatable bonds is 2. The van der Waals surface area contributed by atoms with Crippen molar-refractivity contribution in [3.8, 4) is 11.1 Å². The van der Waals surface area contributed by atoms with E-state index in [0.717, 1.165) is 0 Å². The highest BCUT2D eigenvalue weighted by atomic mass is 31.1. The highest BCUT2D eigenvalue weighted by molar-refractivity contribution is 7.46. The third kappa shape index (κ3) is 2.44. The second-order valence-corrected chi connectivity index (χ2v) is 5.78. The molecular formula is C15H17P2-. The summed E-state index contributed by atoms with van der Waals surface area (Å²) in [6.45, 7) is 6.57. The van der Waals surface area contributed by atoms with Crippen molar-refractivity contribution < 1.29 is 0 Å². The summed E-state index contributed by atoms with van der Waals surface area (Å²) < 4.78 is 0. The third-order valence-electron chi connectivity index (χ3n) is 3.05. The van der Waals surface area contributed by atoms with Crippen LogP contribution in [0.2, 0.25) is 0 Å². The van der Waals surface area contributed by atoms with Gasteiger partial charge in [-0.1, -0.05) is 36.4 Å². The zero-order valence-electron chi connectivity index (χ0n) is 10.5. The van der Waals surface area contributed by atoms with Gasteiger partial charge < -0.3 is 8.58 Å². The molecule has 1 unspecified atom stereocenters. The molecule has 0 saturated heterocycles. The van der Waals surface area contributed by atoms with Gasteiger partial charge in [0.25, 0.3) is 0 Å². The molecule has 0 bridgehead atoms. The van der Waals surface area contributed by atoms with E-state index in [1.807, 2.05) is 0 Å². The normalized spacial score (nSPS) is 11.3. The Labute approximate surface area is 108 Å². The van der Waals surface area contributed by atoms with E-state index in [9.17, 15) is 0 Å². The molecule has 88 valence electrons. The van der Waals surface area contributed by atoms with E-state index in [2.05, 4.69) is 66.2 Å². The number of hydrogen-bond acceptors (Lipinski definition) is 0. The van der Waals surface area contributed by atoms with E-state index < -0.39 is 0 Å². The fourth-order valence-corrected chi connectivity index (χ4v) is 3.43. The molecule has 2 heteroatoms. The molecule has 2 aromatic rings. The summed E-state index contributed by atoms with van der Waals surface area (Å²) in [5.74, 6) is 0. The first kappa shape index (κ1) is 12.7. The van der Waals surface area contributed by atoms with Crippen LogP contribution in [0.5, 0.6) is 0 Å². The van der Waals surface area contributed by atoms with Gasteiger partial charge in [0.1, 0.15) is 0 Å². The number of aryl methyl sites for hydroxylation is 2. The molecule has 0 N–H and O–H groups in total. The molecule has 0 nitrogen and oxygen atoms in total. The zero-order valence-corrected chi connectivity index (χ0v) is 12.5. The predicted molar refractivity (Wildman–Crippen MR) is 83.2 cm³/mol. The van der Waals surface area contributed by atoms with Gasteiger partial charge in [0.15, 0.2) is 0 Å². The van der Waals surface area contributed by atoms with Gasteiger partial charge in [-0.2, -0.15) is 12.0 Å². The second kappa shape index (κ2) is 5.30. The smallest absolute Gasteiger partial charge is 0.0103 e. The molecule has 0 aliphatic heterocycles. The van der Waals surface area contributed by atoms with Crippen molar-refractivity contribution in [2.24, 2.45) is 0 Å². The molecule has 0 aromatic heterocycles. The van der Waals surface area contributed by atoms with E-state index >= 15 is 0 Å². The molecule has 17 heavy (non-hydrogen) atoms. The molecule has 0 saturated carbocycles. The number of hydrogen-bond donors (Lipinski definition) is 0. The second-order valence-electron chi connectivity index (χ2n) is 4.23. The Bertz CT molecular complexity index is 524. The van der Waals surface area contributed by atoms with Crippen molar-refractivity contribution in [2.75, 3.05) is 6.66 Å². The molecule has 0 aliphatic carbocycles. The summed E-state index contributed by atoms with van der Waals surface area (Å²) in [6.07, 6.45) is 0. The molecule has 2 rings (SSSR count). The third-order valence-corrected chi connectivity index (χ3v) is 4.38. The number of benzene rings is 2. The average molecular weight is 259 g/mol. The van der Waals surface area contributed by atoms with Gasteiger partial charge in [-0.05, 0) is 41.4 Å². The highest BCUT2D eigenvalue weighted by Gasteiger charge is 2.07. The van der Waals surface area contributed by atoms with Crippen LogP contribution in [0, 0.1) is 13.8 Å². The first-order valence-corrected chi connectivity index (χ1v) is 7.62. The van der Waals surface area contributed by atoms with Crippen LogP contribution in [0.3, 0.4) is 0 Å². The highest BCUT2D eigenvalue weighted by Crippen LogP contribution is 2.28. The summed E-state index contributed by atoms with van der Waals surface area (Å²) in [4.78, 5) is 0. The Hall–Kier alpha value is -0.700. The van der Waals surface area contributed by atoms with E-state index in [1.54, 1.807) is 0 Å². The maximum atomic E-state index is 2.86. The van der Waals surface area contributed by atoms with Crippen molar-refractivity contribution >= 4 is 28.4 Å². The summed E-state index contributed by atoms with van der Waals surface area (Å²) >= 11 is 0. The van der Waals surface area contributed by atoms with Crippen LogP contribution in [-0.4, -0.2) is 6.66 Å². The molecule has 1 atom stereocenters. The van der Waals surface area contributed by atoms with E-state index in [1.165, 1.54) is 41.4 Å². The SMILES string of the molecule is C[P-]c1cccc(C)c1-c1c(C)cccc1P. The lowest BCUT2D eigenvalue weighted by atomic mass is 9.96. The Morgan fingerprint density at radius 1 is 0.882 bits per heavy atom. The van der Waals surface area contributed by atoms with Gasteiger partial charge in [-0.3, -0.25) is 0 Å². The topological polar surface area (TPSA) is 0 Å². The maximum absolute atomic E-state index is 2.86. The van der Waals surface area contributed by atoms with Gasteiger partial charge in [-0.25, -0.2) is 0 Å². The molecule has 2 aromatic carbocycles. The minimum atomic E-state index is 1.28. The van der Waals surface area contributed by atoms with E-state index in [0.29, 0.717) is 0 Å². The van der Waals surface area contributed by atoms with Gasteiger partial charge in [-0.15, -0.1) is 9.24 Å². The Morgan fingerprint density at radius 2 is 1.47 bits per heavy atom. The van der Waals surface area contributed by atoms with Crippen molar-refractivity contribution in [3.05, 3.63) is 47.5 Å². The summed E-state index contributed by atoms with van der Waals surface area (Å²) in [6, 6.07) is 13.0. The zero-order chi connectivity index (χ0) is 12.4. The fraction of sp³-hybridized carbons (Fsp3) is 0.200. The lowest BCUT2D eigenvalue weighted by Gasteiger charge is -2.23. The van der Waals surface area contributed by atoms with Crippen LogP contribution < -0.4 is 10.6 Å². The molecule has 0 aliphatic rings. The van der Waals surface area contributed by atoms with Crippen LogP contribution in [0.4, 0.5) is 0 Å². The van der Waals surface area contributed by atoms with Crippen LogP contribution in [0.1, 0.15) is 11.1 Å². The predicted octanol–water partition coefficient (Wildman–Crippen LogP) is 3.67. The minimum Gasteiger partial charge on any atom is -0.509 e. The van der Waals surface area contributed by atoms with E-state index in [-0.39, 0.29) is 0 Å². The Morgan fingerprint density at radius 3 is 2.06 bits per heavy atom. The van der Waals surface area contributed by atoms with Gasteiger partial charge in [0.2, 0.25) is 0 Å². The molecule has 0 heterocycles. The van der Waals surface area contributed by atoms with Crippen LogP contribution in [-0.2, 0) is 0 Å². The first-order chi connectivity index (χ1) is 8.15. The largest absolute Gasteiger partial charge is 0.509 e. The maximum Gasteiger partial charge on any atom is -0.0103 e. The minimum absolute atomic E-state index is 1.28. The quantitative estimate of drug-likeness (QED) is 0.722. The van der Waals surface area contributed by atoms with Crippen molar-refractivity contribution in [1.82, 2.24) is 0 Å². The summed E-state index contributed by atoms with van der Waals surface area (Å²) in [7, 11) is 4.18. The molecule has 0 amide bonds. The van der Waals surface area contributed by atoms with Crippen molar-refractivity contribution in [3.63, 3.8) is 0 Å². The summed E-state index contributed by atoms with van der Waals surface area (Å²) in [5.41, 5.74) is 5.48. The molecule has 0 fully saturated rings.